The highest BCUT2D eigenvalue weighted by Crippen LogP contribution is 2.32. The van der Waals surface area contributed by atoms with Gasteiger partial charge in [0.2, 0.25) is 0 Å². The van der Waals surface area contributed by atoms with Crippen molar-refractivity contribution in [2.75, 3.05) is 52.5 Å². The van der Waals surface area contributed by atoms with Crippen LogP contribution in [0.15, 0.2) is 24.3 Å². The van der Waals surface area contributed by atoms with Gasteiger partial charge in [-0.05, 0) is 18.6 Å². The van der Waals surface area contributed by atoms with E-state index in [0.29, 0.717) is 45.9 Å². The fraction of sp³-hybridized carbons (Fsp3) is 0.611. The Kier molecular flexibility index (Phi) is 6.16. The quantitative estimate of drug-likeness (QED) is 0.816. The van der Waals surface area contributed by atoms with Gasteiger partial charge >= 0.3 is 6.18 Å². The Balaban J connectivity index is 1.72. The Morgan fingerprint density at radius 3 is 2.58 bits per heavy atom. The van der Waals surface area contributed by atoms with Crippen molar-refractivity contribution in [3.63, 3.8) is 0 Å². The van der Waals surface area contributed by atoms with Crippen molar-refractivity contribution in [3.05, 3.63) is 35.4 Å². The van der Waals surface area contributed by atoms with Crippen molar-refractivity contribution in [2.24, 2.45) is 0 Å². The molecule has 2 aliphatic rings. The third-order valence-corrected chi connectivity index (χ3v) is 4.67. The van der Waals surface area contributed by atoms with E-state index in [0.717, 1.165) is 19.2 Å². The molecule has 2 heterocycles. The fourth-order valence-corrected chi connectivity index (χ4v) is 3.35. The molecule has 5 nitrogen and oxygen atoms in total. The van der Waals surface area contributed by atoms with Crippen LogP contribution >= 0.6 is 0 Å². The van der Waals surface area contributed by atoms with Crippen LogP contribution in [0.2, 0.25) is 0 Å². The zero-order chi connectivity index (χ0) is 18.6. The van der Waals surface area contributed by atoms with E-state index in [-0.39, 0.29) is 11.7 Å². The molecular weight excluding hydrogens is 349 g/mol. The van der Waals surface area contributed by atoms with Gasteiger partial charge in [-0.1, -0.05) is 12.1 Å². The second kappa shape index (κ2) is 8.37. The zero-order valence-corrected chi connectivity index (χ0v) is 14.5. The van der Waals surface area contributed by atoms with E-state index in [1.165, 1.54) is 23.1 Å². The number of hydrogen-bond acceptors (Lipinski definition) is 4. The van der Waals surface area contributed by atoms with Crippen molar-refractivity contribution in [1.82, 2.24) is 9.80 Å². The van der Waals surface area contributed by atoms with E-state index in [9.17, 15) is 18.0 Å². The van der Waals surface area contributed by atoms with Gasteiger partial charge in [0.15, 0.2) is 0 Å². The van der Waals surface area contributed by atoms with Crippen LogP contribution in [-0.2, 0) is 15.7 Å². The van der Waals surface area contributed by atoms with E-state index in [4.69, 9.17) is 9.47 Å². The second-order valence-electron chi connectivity index (χ2n) is 6.55. The summed E-state index contributed by atoms with van der Waals surface area (Å²) in [7, 11) is 0. The average molecular weight is 372 g/mol. The van der Waals surface area contributed by atoms with Gasteiger partial charge in [-0.3, -0.25) is 9.69 Å². The normalized spacial score (nSPS) is 22.9. The highest BCUT2D eigenvalue weighted by molar-refractivity contribution is 5.96. The van der Waals surface area contributed by atoms with Crippen LogP contribution in [-0.4, -0.2) is 74.4 Å². The molecule has 144 valence electrons. The number of rotatable bonds is 3. The van der Waals surface area contributed by atoms with Crippen LogP contribution in [0.3, 0.4) is 0 Å². The number of hydrogen-bond donors (Lipinski definition) is 0. The van der Waals surface area contributed by atoms with Gasteiger partial charge < -0.3 is 14.4 Å². The van der Waals surface area contributed by atoms with Crippen LogP contribution in [0.1, 0.15) is 22.3 Å². The summed E-state index contributed by atoms with van der Waals surface area (Å²) < 4.78 is 50.8. The summed E-state index contributed by atoms with van der Waals surface area (Å²) in [6, 6.07) is 4.95. The molecule has 0 unspecified atom stereocenters. The minimum Gasteiger partial charge on any atom is -0.379 e. The lowest BCUT2D eigenvalue weighted by atomic mass is 10.1. The largest absolute Gasteiger partial charge is 0.417 e. The van der Waals surface area contributed by atoms with E-state index < -0.39 is 17.6 Å². The van der Waals surface area contributed by atoms with Gasteiger partial charge in [0.05, 0.1) is 30.4 Å². The SMILES string of the molecule is O=C(c1ccccc1C(F)(F)F)N1CCCO[C@@H](CN2CCOCC2)C1. The summed E-state index contributed by atoms with van der Waals surface area (Å²) >= 11 is 0. The molecule has 1 atom stereocenters. The molecule has 8 heteroatoms. The maximum Gasteiger partial charge on any atom is 0.417 e. The number of morpholine rings is 1. The first-order valence-corrected chi connectivity index (χ1v) is 8.82. The summed E-state index contributed by atoms with van der Waals surface area (Å²) in [6.07, 6.45) is -4.15. The van der Waals surface area contributed by atoms with Crippen LogP contribution in [0, 0.1) is 0 Å². The van der Waals surface area contributed by atoms with Crippen molar-refractivity contribution < 1.29 is 27.4 Å². The Labute approximate surface area is 150 Å². The van der Waals surface area contributed by atoms with E-state index in [2.05, 4.69) is 4.90 Å². The standard InChI is InChI=1S/C18H23F3N2O3/c19-18(20,21)16-5-2-1-4-15(16)17(24)23-6-3-9-26-14(13-23)12-22-7-10-25-11-8-22/h1-2,4-5,14H,3,6-13H2/t14-/m0/s1. The van der Waals surface area contributed by atoms with E-state index >= 15 is 0 Å². The Bertz CT molecular complexity index is 618. The highest BCUT2D eigenvalue weighted by atomic mass is 19.4. The van der Waals surface area contributed by atoms with Crippen LogP contribution in [0.4, 0.5) is 13.2 Å². The molecule has 0 aliphatic carbocycles. The molecular formula is C18H23F3N2O3. The Morgan fingerprint density at radius 2 is 1.85 bits per heavy atom. The van der Waals surface area contributed by atoms with E-state index in [1.807, 2.05) is 0 Å². The number of benzene rings is 1. The first kappa shape index (κ1) is 19.1. The number of carbonyl (C=O) groups excluding carboxylic acids is 1. The van der Waals surface area contributed by atoms with E-state index in [1.54, 1.807) is 0 Å². The molecule has 0 saturated carbocycles. The lowest BCUT2D eigenvalue weighted by Crippen LogP contribution is -2.46. The van der Waals surface area contributed by atoms with Crippen molar-refractivity contribution in [1.29, 1.82) is 0 Å². The number of ether oxygens (including phenoxy) is 2. The summed E-state index contributed by atoms with van der Waals surface area (Å²) in [5.41, 5.74) is -1.19. The van der Waals surface area contributed by atoms with Gasteiger partial charge in [0, 0.05) is 39.3 Å². The molecule has 2 saturated heterocycles. The maximum absolute atomic E-state index is 13.2. The number of carbonyl (C=O) groups is 1. The molecule has 2 aliphatic heterocycles. The van der Waals surface area contributed by atoms with Gasteiger partial charge in [-0.2, -0.15) is 13.2 Å². The third kappa shape index (κ3) is 4.75. The molecule has 0 N–H and O–H groups in total. The monoisotopic (exact) mass is 372 g/mol. The highest BCUT2D eigenvalue weighted by Gasteiger charge is 2.36. The smallest absolute Gasteiger partial charge is 0.379 e. The third-order valence-electron chi connectivity index (χ3n) is 4.67. The molecule has 2 fully saturated rings. The van der Waals surface area contributed by atoms with Crippen LogP contribution in [0.25, 0.3) is 0 Å². The van der Waals surface area contributed by atoms with Crippen LogP contribution in [0.5, 0.6) is 0 Å². The first-order chi connectivity index (χ1) is 12.4. The molecule has 0 radical (unpaired) electrons. The minimum atomic E-state index is -4.55. The average Bonchev–Trinajstić information content (AvgIpc) is 2.87. The first-order valence-electron chi connectivity index (χ1n) is 8.82. The predicted molar refractivity (Wildman–Crippen MR) is 89.0 cm³/mol. The van der Waals surface area contributed by atoms with Crippen molar-refractivity contribution >= 4 is 5.91 Å². The number of alkyl halides is 3. The molecule has 1 amide bonds. The lowest BCUT2D eigenvalue weighted by Gasteiger charge is -2.31. The number of amides is 1. The Morgan fingerprint density at radius 1 is 1.12 bits per heavy atom. The topological polar surface area (TPSA) is 42.0 Å². The Hall–Kier alpha value is -1.64. The van der Waals surface area contributed by atoms with Gasteiger partial charge in [-0.25, -0.2) is 0 Å². The second-order valence-corrected chi connectivity index (χ2v) is 6.55. The summed E-state index contributed by atoms with van der Waals surface area (Å²) in [6.45, 7) is 4.75. The molecule has 1 aromatic rings. The summed E-state index contributed by atoms with van der Waals surface area (Å²) in [5.74, 6) is -0.588. The predicted octanol–water partition coefficient (Wildman–Crippen LogP) is 2.27. The fourth-order valence-electron chi connectivity index (χ4n) is 3.35. The van der Waals surface area contributed by atoms with Gasteiger partial charge in [0.1, 0.15) is 0 Å². The van der Waals surface area contributed by atoms with Crippen molar-refractivity contribution in [2.45, 2.75) is 18.7 Å². The minimum absolute atomic E-state index is 0.211. The van der Waals surface area contributed by atoms with Gasteiger partial charge in [-0.15, -0.1) is 0 Å². The molecule has 0 bridgehead atoms. The maximum atomic E-state index is 13.2. The molecule has 26 heavy (non-hydrogen) atoms. The molecule has 0 aromatic heterocycles. The molecule has 0 spiro atoms. The molecule has 1 aromatic carbocycles. The van der Waals surface area contributed by atoms with Gasteiger partial charge in [0.25, 0.3) is 5.91 Å². The van der Waals surface area contributed by atoms with Crippen molar-refractivity contribution in [3.8, 4) is 0 Å². The molecule has 3 rings (SSSR count). The summed E-state index contributed by atoms with van der Waals surface area (Å²) in [4.78, 5) is 16.5. The number of halogens is 3. The number of nitrogens with zero attached hydrogens (tertiary/aromatic N) is 2. The summed E-state index contributed by atoms with van der Waals surface area (Å²) in [5, 5.41) is 0. The lowest BCUT2D eigenvalue weighted by molar-refractivity contribution is -0.138. The zero-order valence-electron chi connectivity index (χ0n) is 14.5. The van der Waals surface area contributed by atoms with Crippen LogP contribution < -0.4 is 0 Å².